The minimum Gasteiger partial charge on any atom is -0.383 e. The molecule has 0 aliphatic rings. The molecule has 0 radical (unpaired) electrons. The molecule has 1 N–H and O–H groups in total. The highest BCUT2D eigenvalue weighted by Gasteiger charge is 2.02. The van der Waals surface area contributed by atoms with E-state index in [4.69, 9.17) is 16.3 Å². The number of ether oxygens (including phenoxy) is 1. The molecule has 1 atom stereocenters. The van der Waals surface area contributed by atoms with Gasteiger partial charge < -0.3 is 10.1 Å². The predicted molar refractivity (Wildman–Crippen MR) is 72.4 cm³/mol. The van der Waals surface area contributed by atoms with Gasteiger partial charge in [-0.05, 0) is 40.3 Å². The van der Waals surface area contributed by atoms with Gasteiger partial charge in [0, 0.05) is 23.8 Å². The van der Waals surface area contributed by atoms with E-state index in [0.29, 0.717) is 6.61 Å². The van der Waals surface area contributed by atoms with E-state index in [1.807, 2.05) is 0 Å². The Balaban J connectivity index is 2.22. The number of methoxy groups -OCH3 is 1. The van der Waals surface area contributed by atoms with Gasteiger partial charge in [-0.3, -0.25) is 0 Å². The van der Waals surface area contributed by atoms with Crippen LogP contribution >= 0.6 is 34.2 Å². The molecule has 0 aliphatic carbocycles. The largest absolute Gasteiger partial charge is 0.383 e. The summed E-state index contributed by atoms with van der Waals surface area (Å²) >= 11 is 8.28. The molecule has 0 aliphatic heterocycles. The van der Waals surface area contributed by atoms with E-state index < -0.39 is 0 Å². The monoisotopic (exact) mass is 339 g/mol. The third-order valence-electron chi connectivity index (χ3n) is 1.96. The fourth-order valence-corrected chi connectivity index (χ4v) is 1.81. The van der Waals surface area contributed by atoms with Gasteiger partial charge in [-0.2, -0.15) is 0 Å². The standard InChI is InChI=1S/C11H15ClINO/c1-15-8-10(12)7-14-6-9-2-4-11(13)5-3-9/h2-5,10,14H,6-8H2,1H3. The van der Waals surface area contributed by atoms with Crippen molar-refractivity contribution in [2.75, 3.05) is 20.3 Å². The van der Waals surface area contributed by atoms with Crippen LogP contribution < -0.4 is 5.32 Å². The second kappa shape index (κ2) is 7.44. The first-order valence-electron chi connectivity index (χ1n) is 4.80. The van der Waals surface area contributed by atoms with Crippen molar-refractivity contribution in [2.45, 2.75) is 11.9 Å². The van der Waals surface area contributed by atoms with Crippen LogP contribution in [0.25, 0.3) is 0 Å². The maximum Gasteiger partial charge on any atom is 0.0694 e. The van der Waals surface area contributed by atoms with Crippen molar-refractivity contribution in [3.63, 3.8) is 0 Å². The molecule has 0 spiro atoms. The molecule has 0 heterocycles. The van der Waals surface area contributed by atoms with Gasteiger partial charge in [0.15, 0.2) is 0 Å². The van der Waals surface area contributed by atoms with Gasteiger partial charge in [-0.15, -0.1) is 11.6 Å². The van der Waals surface area contributed by atoms with E-state index in [0.717, 1.165) is 13.1 Å². The van der Waals surface area contributed by atoms with Gasteiger partial charge in [0.2, 0.25) is 0 Å². The van der Waals surface area contributed by atoms with E-state index in [2.05, 4.69) is 52.2 Å². The molecule has 1 unspecified atom stereocenters. The Morgan fingerprint density at radius 1 is 1.40 bits per heavy atom. The molecule has 0 saturated carbocycles. The molecule has 1 aromatic rings. The molecule has 4 heteroatoms. The smallest absolute Gasteiger partial charge is 0.0694 e. The fourth-order valence-electron chi connectivity index (χ4n) is 1.22. The molecule has 0 saturated heterocycles. The quantitative estimate of drug-likeness (QED) is 0.635. The summed E-state index contributed by atoms with van der Waals surface area (Å²) in [6, 6.07) is 8.44. The maximum absolute atomic E-state index is 5.98. The van der Waals surface area contributed by atoms with Crippen LogP contribution in [0.15, 0.2) is 24.3 Å². The SMILES string of the molecule is COCC(Cl)CNCc1ccc(I)cc1. The van der Waals surface area contributed by atoms with Crippen LogP contribution in [-0.4, -0.2) is 25.6 Å². The van der Waals surface area contributed by atoms with E-state index in [-0.39, 0.29) is 5.38 Å². The summed E-state index contributed by atoms with van der Waals surface area (Å²) in [6.45, 7) is 2.20. The molecular formula is C11H15ClINO. The number of hydrogen-bond donors (Lipinski definition) is 1. The average molecular weight is 340 g/mol. The molecule has 1 aromatic carbocycles. The number of benzene rings is 1. The third-order valence-corrected chi connectivity index (χ3v) is 2.96. The summed E-state index contributed by atoms with van der Waals surface area (Å²) in [7, 11) is 1.66. The minimum atomic E-state index is 0.0406. The summed E-state index contributed by atoms with van der Waals surface area (Å²) in [6.07, 6.45) is 0. The zero-order valence-electron chi connectivity index (χ0n) is 8.67. The van der Waals surface area contributed by atoms with Crippen molar-refractivity contribution >= 4 is 34.2 Å². The van der Waals surface area contributed by atoms with Gasteiger partial charge >= 0.3 is 0 Å². The van der Waals surface area contributed by atoms with Crippen LogP contribution in [0.2, 0.25) is 0 Å². The van der Waals surface area contributed by atoms with Crippen LogP contribution in [0.1, 0.15) is 5.56 Å². The van der Waals surface area contributed by atoms with Gasteiger partial charge in [0.05, 0.1) is 12.0 Å². The normalized spacial score (nSPS) is 12.7. The topological polar surface area (TPSA) is 21.3 Å². The number of nitrogens with one attached hydrogen (secondary N) is 1. The van der Waals surface area contributed by atoms with Crippen LogP contribution in [-0.2, 0) is 11.3 Å². The van der Waals surface area contributed by atoms with Crippen LogP contribution in [0, 0.1) is 3.57 Å². The van der Waals surface area contributed by atoms with E-state index in [9.17, 15) is 0 Å². The average Bonchev–Trinajstić information content (AvgIpc) is 2.21. The Kier molecular flexibility index (Phi) is 6.56. The maximum atomic E-state index is 5.98. The van der Waals surface area contributed by atoms with E-state index in [1.165, 1.54) is 9.13 Å². The van der Waals surface area contributed by atoms with Crippen molar-refractivity contribution in [1.29, 1.82) is 0 Å². The fraction of sp³-hybridized carbons (Fsp3) is 0.455. The first-order chi connectivity index (χ1) is 7.22. The van der Waals surface area contributed by atoms with Gasteiger partial charge in [-0.1, -0.05) is 12.1 Å². The lowest BCUT2D eigenvalue weighted by molar-refractivity contribution is 0.197. The lowest BCUT2D eigenvalue weighted by atomic mass is 10.2. The number of hydrogen-bond acceptors (Lipinski definition) is 2. The zero-order valence-corrected chi connectivity index (χ0v) is 11.6. The molecule has 0 bridgehead atoms. The van der Waals surface area contributed by atoms with Crippen LogP contribution in [0.4, 0.5) is 0 Å². The number of halogens is 2. The van der Waals surface area contributed by atoms with Crippen LogP contribution in [0.5, 0.6) is 0 Å². The van der Waals surface area contributed by atoms with Gasteiger partial charge in [0.25, 0.3) is 0 Å². The van der Waals surface area contributed by atoms with Crippen molar-refractivity contribution in [1.82, 2.24) is 5.32 Å². The Morgan fingerprint density at radius 3 is 2.67 bits per heavy atom. The Labute approximate surface area is 109 Å². The summed E-state index contributed by atoms with van der Waals surface area (Å²) in [4.78, 5) is 0. The highest BCUT2D eigenvalue weighted by atomic mass is 127. The molecule has 84 valence electrons. The molecular weight excluding hydrogens is 324 g/mol. The molecule has 15 heavy (non-hydrogen) atoms. The van der Waals surface area contributed by atoms with Crippen molar-refractivity contribution < 1.29 is 4.74 Å². The minimum absolute atomic E-state index is 0.0406. The first-order valence-corrected chi connectivity index (χ1v) is 6.32. The predicted octanol–water partition coefficient (Wildman–Crippen LogP) is 2.63. The summed E-state index contributed by atoms with van der Waals surface area (Å²) in [5.74, 6) is 0. The van der Waals surface area contributed by atoms with Crippen molar-refractivity contribution in [2.24, 2.45) is 0 Å². The number of alkyl halides is 1. The van der Waals surface area contributed by atoms with E-state index in [1.54, 1.807) is 7.11 Å². The second-order valence-corrected chi connectivity index (χ2v) is 5.17. The lowest BCUT2D eigenvalue weighted by Gasteiger charge is -2.09. The Morgan fingerprint density at radius 2 is 2.07 bits per heavy atom. The van der Waals surface area contributed by atoms with Gasteiger partial charge in [-0.25, -0.2) is 0 Å². The summed E-state index contributed by atoms with van der Waals surface area (Å²) in [5, 5.41) is 3.33. The molecule has 0 amide bonds. The summed E-state index contributed by atoms with van der Waals surface area (Å²) < 4.78 is 6.20. The van der Waals surface area contributed by atoms with Crippen molar-refractivity contribution in [3.05, 3.63) is 33.4 Å². The van der Waals surface area contributed by atoms with Crippen LogP contribution in [0.3, 0.4) is 0 Å². The number of rotatable bonds is 6. The molecule has 2 nitrogen and oxygen atoms in total. The summed E-state index contributed by atoms with van der Waals surface area (Å²) in [5.41, 5.74) is 1.27. The third kappa shape index (κ3) is 5.70. The zero-order chi connectivity index (χ0) is 11.1. The second-order valence-electron chi connectivity index (χ2n) is 3.31. The molecule has 1 rings (SSSR count). The lowest BCUT2D eigenvalue weighted by Crippen LogP contribution is -2.25. The first kappa shape index (κ1) is 13.2. The van der Waals surface area contributed by atoms with Crippen molar-refractivity contribution in [3.8, 4) is 0 Å². The Bertz CT molecular complexity index is 278. The Hall–Kier alpha value is 0.160. The highest BCUT2D eigenvalue weighted by Crippen LogP contribution is 2.06. The molecule has 0 fully saturated rings. The molecule has 0 aromatic heterocycles. The van der Waals surface area contributed by atoms with Gasteiger partial charge in [0.1, 0.15) is 0 Å². The van der Waals surface area contributed by atoms with E-state index >= 15 is 0 Å². The highest BCUT2D eigenvalue weighted by molar-refractivity contribution is 14.1.